The monoisotopic (exact) mass is 379 g/mol. The zero-order valence-electron chi connectivity index (χ0n) is 14.5. The molecule has 1 N–H and O–H groups in total. The van der Waals surface area contributed by atoms with E-state index in [1.165, 1.54) is 5.01 Å². The molecule has 1 aliphatic rings. The molecule has 1 unspecified atom stereocenters. The lowest BCUT2D eigenvalue weighted by molar-refractivity contribution is -0.131. The summed E-state index contributed by atoms with van der Waals surface area (Å²) in [7, 11) is 0. The van der Waals surface area contributed by atoms with Crippen LogP contribution in [0.15, 0.2) is 82.5 Å². The minimum atomic E-state index is -0.254. The lowest BCUT2D eigenvalue weighted by Crippen LogP contribution is -2.32. The highest BCUT2D eigenvalue weighted by Crippen LogP contribution is 2.33. The van der Waals surface area contributed by atoms with Crippen molar-refractivity contribution in [1.29, 1.82) is 0 Å². The lowest BCUT2D eigenvalue weighted by atomic mass is 10.0. The van der Waals surface area contributed by atoms with Gasteiger partial charge in [-0.15, -0.1) is 0 Å². The molecule has 1 aromatic heterocycles. The summed E-state index contributed by atoms with van der Waals surface area (Å²) < 4.78 is 5.56. The fourth-order valence-electron chi connectivity index (χ4n) is 3.07. The smallest absolute Gasteiger partial charge is 0.262 e. The molecule has 5 nitrogen and oxygen atoms in total. The highest BCUT2D eigenvalue weighted by molar-refractivity contribution is 6.30. The summed E-state index contributed by atoms with van der Waals surface area (Å²) in [6.07, 6.45) is 2.20. The summed E-state index contributed by atoms with van der Waals surface area (Å²) in [5.41, 5.74) is 2.67. The van der Waals surface area contributed by atoms with Crippen LogP contribution < -0.4 is 5.32 Å². The van der Waals surface area contributed by atoms with Gasteiger partial charge in [-0.3, -0.25) is 4.79 Å². The van der Waals surface area contributed by atoms with Gasteiger partial charge in [0, 0.05) is 17.1 Å². The molecule has 0 saturated heterocycles. The Hall–Kier alpha value is -3.05. The van der Waals surface area contributed by atoms with Crippen molar-refractivity contribution in [3.8, 4) is 0 Å². The highest BCUT2D eigenvalue weighted by Gasteiger charge is 2.34. The van der Waals surface area contributed by atoms with E-state index in [0.29, 0.717) is 11.4 Å². The second-order valence-corrected chi connectivity index (χ2v) is 6.68. The van der Waals surface area contributed by atoms with E-state index in [4.69, 9.17) is 16.0 Å². The van der Waals surface area contributed by atoms with Crippen LogP contribution in [-0.4, -0.2) is 23.2 Å². The van der Waals surface area contributed by atoms with Gasteiger partial charge in [-0.1, -0.05) is 41.9 Å². The minimum Gasteiger partial charge on any atom is -0.467 e. The molecule has 3 aromatic rings. The average molecular weight is 380 g/mol. The first kappa shape index (κ1) is 17.4. The molecule has 0 aliphatic carbocycles. The Balaban J connectivity index is 1.55. The number of carbonyl (C=O) groups excluding carboxylic acids is 1. The molecule has 6 heteroatoms. The fourth-order valence-corrected chi connectivity index (χ4v) is 3.20. The molecule has 0 saturated carbocycles. The van der Waals surface area contributed by atoms with E-state index in [-0.39, 0.29) is 18.5 Å². The van der Waals surface area contributed by atoms with Crippen LogP contribution in [0.1, 0.15) is 23.8 Å². The van der Waals surface area contributed by atoms with Crippen molar-refractivity contribution in [3.63, 3.8) is 0 Å². The molecule has 27 heavy (non-hydrogen) atoms. The van der Waals surface area contributed by atoms with E-state index < -0.39 is 0 Å². The number of hydrogen-bond donors (Lipinski definition) is 1. The molecule has 0 fully saturated rings. The maximum atomic E-state index is 12.8. The maximum absolute atomic E-state index is 12.8. The molecule has 0 radical (unpaired) electrons. The number of hydrazone groups is 1. The maximum Gasteiger partial charge on any atom is 0.262 e. The summed E-state index contributed by atoms with van der Waals surface area (Å²) in [6, 6.07) is 20.5. The molecule has 1 aliphatic heterocycles. The SMILES string of the molecule is O=C(CNc1ccccc1)N1N=C(c2ccc(Cl)cc2)CC1c1ccco1. The number of nitrogens with one attached hydrogen (secondary N) is 1. The molecule has 136 valence electrons. The zero-order valence-corrected chi connectivity index (χ0v) is 15.3. The van der Waals surface area contributed by atoms with E-state index in [1.54, 1.807) is 6.26 Å². The Kier molecular flexibility index (Phi) is 4.94. The van der Waals surface area contributed by atoms with Crippen LogP contribution in [0.25, 0.3) is 0 Å². The molecule has 0 spiro atoms. The third-order valence-corrected chi connectivity index (χ3v) is 4.68. The fraction of sp³-hybridized carbons (Fsp3) is 0.143. The number of halogens is 1. The van der Waals surface area contributed by atoms with Crippen LogP contribution >= 0.6 is 11.6 Å². The summed E-state index contributed by atoms with van der Waals surface area (Å²) in [4.78, 5) is 12.8. The molecule has 4 rings (SSSR count). The summed E-state index contributed by atoms with van der Waals surface area (Å²) >= 11 is 5.98. The van der Waals surface area contributed by atoms with Crippen molar-refractivity contribution in [3.05, 3.63) is 89.3 Å². The van der Waals surface area contributed by atoms with Crippen LogP contribution in [0.5, 0.6) is 0 Å². The van der Waals surface area contributed by atoms with Gasteiger partial charge in [0.05, 0.1) is 18.5 Å². The molecule has 2 aromatic carbocycles. The Morgan fingerprint density at radius 2 is 1.89 bits per heavy atom. The molecule has 2 heterocycles. The molecule has 1 amide bonds. The van der Waals surface area contributed by atoms with Gasteiger partial charge in [0.15, 0.2) is 0 Å². The normalized spacial score (nSPS) is 16.3. The third kappa shape index (κ3) is 3.88. The van der Waals surface area contributed by atoms with Crippen molar-refractivity contribution < 1.29 is 9.21 Å². The first-order valence-corrected chi connectivity index (χ1v) is 9.06. The predicted molar refractivity (Wildman–Crippen MR) is 106 cm³/mol. The van der Waals surface area contributed by atoms with Gasteiger partial charge in [0.2, 0.25) is 0 Å². The van der Waals surface area contributed by atoms with Crippen LogP contribution in [0.3, 0.4) is 0 Å². The van der Waals surface area contributed by atoms with E-state index in [2.05, 4.69) is 10.4 Å². The largest absolute Gasteiger partial charge is 0.467 e. The number of rotatable bonds is 5. The van der Waals surface area contributed by atoms with Gasteiger partial charge in [-0.2, -0.15) is 5.10 Å². The molecule has 1 atom stereocenters. The Labute approximate surface area is 162 Å². The lowest BCUT2D eigenvalue weighted by Gasteiger charge is -2.20. The predicted octanol–water partition coefficient (Wildman–Crippen LogP) is 4.72. The third-order valence-electron chi connectivity index (χ3n) is 4.43. The van der Waals surface area contributed by atoms with E-state index in [9.17, 15) is 4.79 Å². The van der Waals surface area contributed by atoms with Crippen molar-refractivity contribution in [2.75, 3.05) is 11.9 Å². The Bertz CT molecular complexity index is 937. The van der Waals surface area contributed by atoms with E-state index in [0.717, 1.165) is 22.7 Å². The molecular formula is C21H18ClN3O2. The first-order valence-electron chi connectivity index (χ1n) is 8.68. The van der Waals surface area contributed by atoms with Gasteiger partial charge in [-0.05, 0) is 42.0 Å². The quantitative estimate of drug-likeness (QED) is 0.697. The van der Waals surface area contributed by atoms with E-state index >= 15 is 0 Å². The van der Waals surface area contributed by atoms with Crippen molar-refractivity contribution in [2.45, 2.75) is 12.5 Å². The summed E-state index contributed by atoms with van der Waals surface area (Å²) in [5.74, 6) is 0.597. The number of carbonyl (C=O) groups is 1. The average Bonchev–Trinajstić information content (AvgIpc) is 3.37. The van der Waals surface area contributed by atoms with Crippen LogP contribution in [0, 0.1) is 0 Å². The van der Waals surface area contributed by atoms with Crippen LogP contribution in [-0.2, 0) is 4.79 Å². The van der Waals surface area contributed by atoms with Crippen LogP contribution in [0.2, 0.25) is 5.02 Å². The number of anilines is 1. The number of furan rings is 1. The van der Waals surface area contributed by atoms with Gasteiger partial charge < -0.3 is 9.73 Å². The van der Waals surface area contributed by atoms with Crippen LogP contribution in [0.4, 0.5) is 5.69 Å². The van der Waals surface area contributed by atoms with Gasteiger partial charge in [0.25, 0.3) is 5.91 Å². The minimum absolute atomic E-state index is 0.121. The number of hydrogen-bond acceptors (Lipinski definition) is 4. The van der Waals surface area contributed by atoms with Gasteiger partial charge >= 0.3 is 0 Å². The van der Waals surface area contributed by atoms with Crippen molar-refractivity contribution in [1.82, 2.24) is 5.01 Å². The Morgan fingerprint density at radius 3 is 2.59 bits per heavy atom. The van der Waals surface area contributed by atoms with Gasteiger partial charge in [-0.25, -0.2) is 5.01 Å². The number of nitrogens with zero attached hydrogens (tertiary/aromatic N) is 2. The number of amides is 1. The van der Waals surface area contributed by atoms with Crippen molar-refractivity contribution in [2.24, 2.45) is 5.10 Å². The standard InChI is InChI=1S/C21H18ClN3O2/c22-16-10-8-15(9-11-16)18-13-19(20-7-4-12-27-20)25(24-18)21(26)14-23-17-5-2-1-3-6-17/h1-12,19,23H,13-14H2. The second-order valence-electron chi connectivity index (χ2n) is 6.25. The summed E-state index contributed by atoms with van der Waals surface area (Å²) in [6.45, 7) is 0.151. The molecular weight excluding hydrogens is 362 g/mol. The number of para-hydroxylation sites is 1. The topological polar surface area (TPSA) is 57.8 Å². The second kappa shape index (κ2) is 7.68. The molecule has 0 bridgehead atoms. The Morgan fingerprint density at radius 1 is 1.11 bits per heavy atom. The number of benzene rings is 2. The van der Waals surface area contributed by atoms with Crippen molar-refractivity contribution >= 4 is 28.9 Å². The summed E-state index contributed by atoms with van der Waals surface area (Å²) in [5, 5.41) is 9.91. The van der Waals surface area contributed by atoms with E-state index in [1.807, 2.05) is 66.7 Å². The zero-order chi connectivity index (χ0) is 18.6. The highest BCUT2D eigenvalue weighted by atomic mass is 35.5. The van der Waals surface area contributed by atoms with Gasteiger partial charge in [0.1, 0.15) is 11.8 Å². The first-order chi connectivity index (χ1) is 13.2.